The molecule has 2 rings (SSSR count). The largest absolute Gasteiger partial charge is 0.481 e. The summed E-state index contributed by atoms with van der Waals surface area (Å²) in [6.07, 6.45) is 1.73. The minimum Gasteiger partial charge on any atom is -0.481 e. The number of morpholine rings is 1. The number of carboxylic acid groups (broad SMARTS) is 1. The standard InChI is InChI=1S/C12H17N3O3/c13-12-9(2-1-3-14-12)7-15-4-5-18-8-10(15)6-11(16)17/h1-3,10H,4-8H2,(H2,13,14)(H,16,17)/t10-/m1/s1. The van der Waals surface area contributed by atoms with E-state index in [-0.39, 0.29) is 12.5 Å². The number of aliphatic carboxylic acids is 1. The number of rotatable bonds is 4. The van der Waals surface area contributed by atoms with Gasteiger partial charge in [-0.15, -0.1) is 0 Å². The van der Waals surface area contributed by atoms with Crippen LogP contribution in [0.4, 0.5) is 5.82 Å². The van der Waals surface area contributed by atoms with Gasteiger partial charge in [-0.25, -0.2) is 4.98 Å². The molecule has 0 aromatic carbocycles. The van der Waals surface area contributed by atoms with E-state index in [1.54, 1.807) is 6.20 Å². The molecule has 0 saturated carbocycles. The third-order valence-corrected chi connectivity index (χ3v) is 3.06. The molecule has 0 radical (unpaired) electrons. The monoisotopic (exact) mass is 251 g/mol. The summed E-state index contributed by atoms with van der Waals surface area (Å²) in [4.78, 5) is 16.9. The van der Waals surface area contributed by atoms with Crippen LogP contribution >= 0.6 is 0 Å². The second-order valence-corrected chi connectivity index (χ2v) is 4.34. The molecular formula is C12H17N3O3. The maximum atomic E-state index is 10.8. The van der Waals surface area contributed by atoms with Crippen molar-refractivity contribution in [1.29, 1.82) is 0 Å². The number of pyridine rings is 1. The molecule has 6 heteroatoms. The molecule has 6 nitrogen and oxygen atoms in total. The van der Waals surface area contributed by atoms with E-state index in [0.717, 1.165) is 5.56 Å². The Hall–Kier alpha value is -1.66. The molecule has 2 heterocycles. The first-order valence-corrected chi connectivity index (χ1v) is 5.90. The summed E-state index contributed by atoms with van der Waals surface area (Å²) in [7, 11) is 0. The molecule has 18 heavy (non-hydrogen) atoms. The lowest BCUT2D eigenvalue weighted by atomic mass is 10.1. The van der Waals surface area contributed by atoms with Crippen molar-refractivity contribution in [2.75, 3.05) is 25.5 Å². The lowest BCUT2D eigenvalue weighted by Gasteiger charge is -2.34. The van der Waals surface area contributed by atoms with Crippen LogP contribution < -0.4 is 5.73 Å². The van der Waals surface area contributed by atoms with E-state index >= 15 is 0 Å². The molecule has 98 valence electrons. The van der Waals surface area contributed by atoms with Crippen LogP contribution in [0.2, 0.25) is 0 Å². The third kappa shape index (κ3) is 3.18. The molecule has 3 N–H and O–H groups in total. The maximum absolute atomic E-state index is 10.8. The van der Waals surface area contributed by atoms with Crippen LogP contribution in [0, 0.1) is 0 Å². The van der Waals surface area contributed by atoms with Gasteiger partial charge in [0.05, 0.1) is 19.6 Å². The molecule has 1 aromatic heterocycles. The van der Waals surface area contributed by atoms with Crippen molar-refractivity contribution in [1.82, 2.24) is 9.88 Å². The highest BCUT2D eigenvalue weighted by Crippen LogP contribution is 2.17. The molecule has 0 aliphatic carbocycles. The van der Waals surface area contributed by atoms with Crippen molar-refractivity contribution in [3.63, 3.8) is 0 Å². The Kier molecular flexibility index (Phi) is 4.11. The van der Waals surface area contributed by atoms with Crippen molar-refractivity contribution in [3.05, 3.63) is 23.9 Å². The molecule has 0 bridgehead atoms. The molecular weight excluding hydrogens is 234 g/mol. The number of hydrogen-bond donors (Lipinski definition) is 2. The van der Waals surface area contributed by atoms with Gasteiger partial charge in [0.1, 0.15) is 5.82 Å². The Morgan fingerprint density at radius 3 is 3.22 bits per heavy atom. The number of aromatic nitrogens is 1. The zero-order valence-electron chi connectivity index (χ0n) is 10.1. The lowest BCUT2D eigenvalue weighted by Crippen LogP contribution is -2.46. The molecule has 1 fully saturated rings. The maximum Gasteiger partial charge on any atom is 0.305 e. The number of carboxylic acids is 1. The van der Waals surface area contributed by atoms with E-state index in [0.29, 0.717) is 32.1 Å². The van der Waals surface area contributed by atoms with Gasteiger partial charge in [-0.05, 0) is 6.07 Å². The van der Waals surface area contributed by atoms with Crippen LogP contribution in [0.15, 0.2) is 18.3 Å². The van der Waals surface area contributed by atoms with E-state index in [1.165, 1.54) is 0 Å². The van der Waals surface area contributed by atoms with Gasteiger partial charge < -0.3 is 15.6 Å². The minimum atomic E-state index is -0.811. The van der Waals surface area contributed by atoms with Gasteiger partial charge >= 0.3 is 5.97 Å². The SMILES string of the molecule is Nc1ncccc1CN1CCOC[C@H]1CC(=O)O. The Labute approximate surface area is 105 Å². The Balaban J connectivity index is 2.05. The van der Waals surface area contributed by atoms with E-state index in [1.807, 2.05) is 12.1 Å². The Bertz CT molecular complexity index is 425. The molecule has 0 amide bonds. The number of ether oxygens (including phenoxy) is 1. The van der Waals surface area contributed by atoms with Gasteiger partial charge in [-0.1, -0.05) is 6.07 Å². The fourth-order valence-electron chi connectivity index (χ4n) is 2.09. The average Bonchev–Trinajstić information content (AvgIpc) is 2.34. The van der Waals surface area contributed by atoms with Crippen LogP contribution in [0.1, 0.15) is 12.0 Å². The molecule has 1 atom stereocenters. The highest BCUT2D eigenvalue weighted by molar-refractivity contribution is 5.67. The summed E-state index contributed by atoms with van der Waals surface area (Å²) in [5.74, 6) is -0.312. The number of nitrogens with zero attached hydrogens (tertiary/aromatic N) is 2. The fraction of sp³-hybridized carbons (Fsp3) is 0.500. The lowest BCUT2D eigenvalue weighted by molar-refractivity contribution is -0.140. The molecule has 1 saturated heterocycles. The van der Waals surface area contributed by atoms with Crippen molar-refractivity contribution >= 4 is 11.8 Å². The number of carbonyl (C=O) groups is 1. The second kappa shape index (κ2) is 5.79. The number of anilines is 1. The van der Waals surface area contributed by atoms with Crippen molar-refractivity contribution in [2.24, 2.45) is 0 Å². The Morgan fingerprint density at radius 2 is 2.50 bits per heavy atom. The van der Waals surface area contributed by atoms with Gasteiger partial charge in [0.15, 0.2) is 0 Å². The quantitative estimate of drug-likeness (QED) is 0.802. The van der Waals surface area contributed by atoms with Gasteiger partial charge in [-0.2, -0.15) is 0 Å². The first-order chi connectivity index (χ1) is 8.66. The van der Waals surface area contributed by atoms with Gasteiger partial charge in [0.2, 0.25) is 0 Å². The van der Waals surface area contributed by atoms with Gasteiger partial charge in [-0.3, -0.25) is 9.69 Å². The topological polar surface area (TPSA) is 88.7 Å². The van der Waals surface area contributed by atoms with E-state index in [9.17, 15) is 4.79 Å². The smallest absolute Gasteiger partial charge is 0.305 e. The fourth-order valence-corrected chi connectivity index (χ4v) is 2.09. The predicted molar refractivity (Wildman–Crippen MR) is 65.9 cm³/mol. The van der Waals surface area contributed by atoms with Crippen molar-refractivity contribution in [2.45, 2.75) is 19.0 Å². The first kappa shape index (κ1) is 12.8. The van der Waals surface area contributed by atoms with Gasteiger partial charge in [0, 0.05) is 30.9 Å². The number of nitrogen functional groups attached to an aromatic ring is 1. The van der Waals surface area contributed by atoms with Gasteiger partial charge in [0.25, 0.3) is 0 Å². The summed E-state index contributed by atoms with van der Waals surface area (Å²) in [6.45, 7) is 2.40. The van der Waals surface area contributed by atoms with Crippen LogP contribution in [-0.2, 0) is 16.1 Å². The molecule has 1 aliphatic heterocycles. The summed E-state index contributed by atoms with van der Waals surface area (Å²) < 4.78 is 5.33. The molecule has 1 aromatic rings. The summed E-state index contributed by atoms with van der Waals surface area (Å²) in [5.41, 5.74) is 6.72. The molecule has 0 unspecified atom stereocenters. The van der Waals surface area contributed by atoms with E-state index in [2.05, 4.69) is 9.88 Å². The van der Waals surface area contributed by atoms with Crippen LogP contribution in [0.25, 0.3) is 0 Å². The minimum absolute atomic E-state index is 0.0835. The number of hydrogen-bond acceptors (Lipinski definition) is 5. The summed E-state index contributed by atoms with van der Waals surface area (Å²) in [5, 5.41) is 8.88. The van der Waals surface area contributed by atoms with Crippen LogP contribution in [0.3, 0.4) is 0 Å². The van der Waals surface area contributed by atoms with E-state index in [4.69, 9.17) is 15.6 Å². The second-order valence-electron chi connectivity index (χ2n) is 4.34. The van der Waals surface area contributed by atoms with E-state index < -0.39 is 5.97 Å². The molecule has 1 aliphatic rings. The average molecular weight is 251 g/mol. The highest BCUT2D eigenvalue weighted by atomic mass is 16.5. The van der Waals surface area contributed by atoms with Crippen LogP contribution in [-0.4, -0.2) is 46.8 Å². The zero-order chi connectivity index (χ0) is 13.0. The van der Waals surface area contributed by atoms with Crippen molar-refractivity contribution in [3.8, 4) is 0 Å². The summed E-state index contributed by atoms with van der Waals surface area (Å²) in [6, 6.07) is 3.64. The van der Waals surface area contributed by atoms with Crippen LogP contribution in [0.5, 0.6) is 0 Å². The summed E-state index contributed by atoms with van der Waals surface area (Å²) >= 11 is 0. The zero-order valence-corrected chi connectivity index (χ0v) is 10.1. The normalized spacial score (nSPS) is 20.8. The third-order valence-electron chi connectivity index (χ3n) is 3.06. The van der Waals surface area contributed by atoms with Crippen molar-refractivity contribution < 1.29 is 14.6 Å². The number of nitrogens with two attached hydrogens (primary N) is 1. The highest BCUT2D eigenvalue weighted by Gasteiger charge is 2.25. The first-order valence-electron chi connectivity index (χ1n) is 5.90. The molecule has 0 spiro atoms. The predicted octanol–water partition coefficient (Wildman–Crippen LogP) is 0.339. The Morgan fingerprint density at radius 1 is 1.67 bits per heavy atom.